The zero-order valence-corrected chi connectivity index (χ0v) is 13.9. The van der Waals surface area contributed by atoms with Gasteiger partial charge in [0.2, 0.25) is 0 Å². The lowest BCUT2D eigenvalue weighted by molar-refractivity contribution is -0.137. The highest BCUT2D eigenvalue weighted by Gasteiger charge is 2.30. The van der Waals surface area contributed by atoms with Crippen LogP contribution < -0.4 is 14.8 Å². The van der Waals surface area contributed by atoms with Gasteiger partial charge in [0.15, 0.2) is 6.61 Å². The number of benzene rings is 2. The summed E-state index contributed by atoms with van der Waals surface area (Å²) in [4.78, 5) is 11.7. The van der Waals surface area contributed by atoms with E-state index in [0.29, 0.717) is 6.42 Å². The Morgan fingerprint density at radius 3 is 2.37 bits per heavy atom. The second kappa shape index (κ2) is 9.20. The highest BCUT2D eigenvalue weighted by atomic mass is 19.4. The Bertz CT molecular complexity index is 747. The highest BCUT2D eigenvalue weighted by molar-refractivity contribution is 5.77. The Labute approximate surface area is 151 Å². The maximum atomic E-state index is 12.6. The summed E-state index contributed by atoms with van der Waals surface area (Å²) in [6, 6.07) is 10.2. The van der Waals surface area contributed by atoms with E-state index < -0.39 is 30.9 Å². The van der Waals surface area contributed by atoms with Crippen LogP contribution in [-0.2, 0) is 17.4 Å². The lowest BCUT2D eigenvalue weighted by Crippen LogP contribution is -2.30. The van der Waals surface area contributed by atoms with Crippen LogP contribution in [-0.4, -0.2) is 25.7 Å². The average molecular weight is 389 g/mol. The molecule has 0 spiro atoms. The van der Waals surface area contributed by atoms with Crippen molar-refractivity contribution in [1.29, 1.82) is 0 Å². The van der Waals surface area contributed by atoms with Crippen LogP contribution in [0.4, 0.5) is 22.0 Å². The molecule has 1 N–H and O–H groups in total. The summed E-state index contributed by atoms with van der Waals surface area (Å²) in [6.45, 7) is -3.07. The highest BCUT2D eigenvalue weighted by Crippen LogP contribution is 2.31. The molecule has 0 aromatic heterocycles. The van der Waals surface area contributed by atoms with Crippen molar-refractivity contribution in [3.63, 3.8) is 0 Å². The number of ether oxygens (including phenoxy) is 2. The Balaban J connectivity index is 1.74. The van der Waals surface area contributed by atoms with Crippen LogP contribution in [0.1, 0.15) is 11.1 Å². The van der Waals surface area contributed by atoms with E-state index in [1.807, 2.05) is 0 Å². The number of carbonyl (C=O) groups is 1. The molecule has 146 valence electrons. The van der Waals surface area contributed by atoms with Crippen molar-refractivity contribution in [1.82, 2.24) is 5.32 Å². The topological polar surface area (TPSA) is 47.6 Å². The van der Waals surface area contributed by atoms with Gasteiger partial charge in [-0.2, -0.15) is 22.0 Å². The Morgan fingerprint density at radius 1 is 1.04 bits per heavy atom. The molecule has 2 aromatic carbocycles. The number of carbonyl (C=O) groups excluding carboxylic acids is 1. The molecule has 2 rings (SSSR count). The minimum Gasteiger partial charge on any atom is -0.484 e. The van der Waals surface area contributed by atoms with Crippen molar-refractivity contribution in [3.8, 4) is 11.5 Å². The van der Waals surface area contributed by atoms with E-state index >= 15 is 0 Å². The van der Waals surface area contributed by atoms with Gasteiger partial charge < -0.3 is 14.8 Å². The van der Waals surface area contributed by atoms with E-state index in [-0.39, 0.29) is 18.0 Å². The maximum absolute atomic E-state index is 12.6. The van der Waals surface area contributed by atoms with E-state index in [2.05, 4.69) is 10.1 Å². The number of hydrogen-bond acceptors (Lipinski definition) is 3. The summed E-state index contributed by atoms with van der Waals surface area (Å²) in [5.41, 5.74) is -0.0737. The standard InChI is InChI=1S/C18H16F5NO3/c19-17(20)27-14-6-4-12(5-7-14)8-9-24-16(25)11-26-15-3-1-2-13(10-15)18(21,22)23/h1-7,10,17H,8-9,11H2,(H,24,25). The minimum absolute atomic E-state index is 0.0345. The number of halogens is 5. The van der Waals surface area contributed by atoms with Gasteiger partial charge in [0.25, 0.3) is 5.91 Å². The molecule has 0 aliphatic carbocycles. The number of alkyl halides is 5. The molecule has 0 saturated carbocycles. The molecule has 9 heteroatoms. The van der Waals surface area contributed by atoms with Gasteiger partial charge in [-0.1, -0.05) is 18.2 Å². The fourth-order valence-corrected chi connectivity index (χ4v) is 2.15. The predicted molar refractivity (Wildman–Crippen MR) is 86.7 cm³/mol. The zero-order chi connectivity index (χ0) is 19.9. The van der Waals surface area contributed by atoms with Gasteiger partial charge in [-0.05, 0) is 42.3 Å². The van der Waals surface area contributed by atoms with Gasteiger partial charge in [-0.15, -0.1) is 0 Å². The maximum Gasteiger partial charge on any atom is 0.416 e. The van der Waals surface area contributed by atoms with E-state index in [9.17, 15) is 26.7 Å². The summed E-state index contributed by atoms with van der Waals surface area (Å²) in [5.74, 6) is -0.521. The Hall–Kier alpha value is -2.84. The SMILES string of the molecule is O=C(COc1cccc(C(F)(F)F)c1)NCCc1ccc(OC(F)F)cc1. The van der Waals surface area contributed by atoms with Gasteiger partial charge in [-0.25, -0.2) is 0 Å². The van der Waals surface area contributed by atoms with Crippen LogP contribution >= 0.6 is 0 Å². The first kappa shape index (κ1) is 20.5. The van der Waals surface area contributed by atoms with Crippen LogP contribution in [0.3, 0.4) is 0 Å². The van der Waals surface area contributed by atoms with Gasteiger partial charge in [0.1, 0.15) is 11.5 Å². The lowest BCUT2D eigenvalue weighted by Gasteiger charge is -2.10. The number of nitrogens with one attached hydrogen (secondary N) is 1. The molecule has 27 heavy (non-hydrogen) atoms. The van der Waals surface area contributed by atoms with Crippen LogP contribution in [0.2, 0.25) is 0 Å². The lowest BCUT2D eigenvalue weighted by atomic mass is 10.1. The molecule has 0 bridgehead atoms. The minimum atomic E-state index is -4.49. The van der Waals surface area contributed by atoms with Gasteiger partial charge in [0, 0.05) is 6.54 Å². The fraction of sp³-hybridized carbons (Fsp3) is 0.278. The average Bonchev–Trinajstić information content (AvgIpc) is 2.60. The Morgan fingerprint density at radius 2 is 1.74 bits per heavy atom. The quantitative estimate of drug-likeness (QED) is 0.693. The summed E-state index contributed by atoms with van der Waals surface area (Å²) >= 11 is 0. The molecule has 0 saturated heterocycles. The van der Waals surface area contributed by atoms with Crippen molar-refractivity contribution in [3.05, 3.63) is 59.7 Å². The number of rotatable bonds is 8. The van der Waals surface area contributed by atoms with Crippen molar-refractivity contribution in [2.45, 2.75) is 19.2 Å². The molecule has 0 aliphatic rings. The van der Waals surface area contributed by atoms with Gasteiger partial charge in [-0.3, -0.25) is 4.79 Å². The molecule has 0 heterocycles. The first-order valence-electron chi connectivity index (χ1n) is 7.84. The molecule has 0 fully saturated rings. The fourth-order valence-electron chi connectivity index (χ4n) is 2.15. The van der Waals surface area contributed by atoms with E-state index in [1.165, 1.54) is 24.3 Å². The molecule has 4 nitrogen and oxygen atoms in total. The van der Waals surface area contributed by atoms with Crippen LogP contribution in [0, 0.1) is 0 Å². The molecule has 0 unspecified atom stereocenters. The molecule has 1 amide bonds. The monoisotopic (exact) mass is 389 g/mol. The molecular weight excluding hydrogens is 373 g/mol. The molecule has 0 radical (unpaired) electrons. The van der Waals surface area contributed by atoms with Crippen molar-refractivity contribution >= 4 is 5.91 Å². The third-order valence-electron chi connectivity index (χ3n) is 3.42. The summed E-state index contributed by atoms with van der Waals surface area (Å²) in [6.07, 6.45) is -4.05. The predicted octanol–water partition coefficient (Wildman–Crippen LogP) is 4.04. The molecule has 2 aromatic rings. The van der Waals surface area contributed by atoms with Gasteiger partial charge >= 0.3 is 12.8 Å². The smallest absolute Gasteiger partial charge is 0.416 e. The summed E-state index contributed by atoms with van der Waals surface area (Å²) in [5, 5.41) is 2.56. The molecular formula is C18H16F5NO3. The largest absolute Gasteiger partial charge is 0.484 e. The molecule has 0 aliphatic heterocycles. The number of hydrogen-bond donors (Lipinski definition) is 1. The first-order chi connectivity index (χ1) is 12.7. The van der Waals surface area contributed by atoms with E-state index in [1.54, 1.807) is 12.1 Å². The van der Waals surface area contributed by atoms with E-state index in [4.69, 9.17) is 4.74 Å². The second-order valence-corrected chi connectivity index (χ2v) is 5.44. The Kier molecular flexibility index (Phi) is 6.98. The molecule has 0 atom stereocenters. The summed E-state index contributed by atoms with van der Waals surface area (Å²) in [7, 11) is 0. The zero-order valence-electron chi connectivity index (χ0n) is 13.9. The first-order valence-corrected chi connectivity index (χ1v) is 7.84. The van der Waals surface area contributed by atoms with E-state index in [0.717, 1.165) is 17.7 Å². The van der Waals surface area contributed by atoms with Gasteiger partial charge in [0.05, 0.1) is 5.56 Å². The van der Waals surface area contributed by atoms with Crippen molar-refractivity contribution in [2.75, 3.05) is 13.2 Å². The van der Waals surface area contributed by atoms with Crippen LogP contribution in [0.15, 0.2) is 48.5 Å². The van der Waals surface area contributed by atoms with Crippen LogP contribution in [0.5, 0.6) is 11.5 Å². The van der Waals surface area contributed by atoms with Crippen molar-refractivity contribution in [2.24, 2.45) is 0 Å². The number of amides is 1. The third-order valence-corrected chi connectivity index (χ3v) is 3.42. The second-order valence-electron chi connectivity index (χ2n) is 5.44. The van der Waals surface area contributed by atoms with Crippen LogP contribution in [0.25, 0.3) is 0 Å². The summed E-state index contributed by atoms with van der Waals surface area (Å²) < 4.78 is 71.2. The normalized spacial score (nSPS) is 11.3. The van der Waals surface area contributed by atoms with Crippen molar-refractivity contribution < 1.29 is 36.2 Å². The third kappa shape index (κ3) is 7.12.